The number of allylic oxidation sites excluding steroid dienone is 2. The molecule has 5 heteroatoms. The highest BCUT2D eigenvalue weighted by Gasteiger charge is 2.38. The molecule has 1 rings (SSSR count). The Hall–Kier alpha value is 0.270. The van der Waals surface area contributed by atoms with Crippen LogP contribution in [0.25, 0.3) is 0 Å². The third-order valence-electron chi connectivity index (χ3n) is 1.33. The first-order chi connectivity index (χ1) is 4.96. The maximum absolute atomic E-state index is 9.27. The van der Waals surface area contributed by atoms with E-state index in [2.05, 4.69) is 0 Å². The molecule has 1 aliphatic carbocycles. The molecule has 2 nitrogen and oxygen atoms in total. The van der Waals surface area contributed by atoms with E-state index in [9.17, 15) is 5.11 Å². The van der Waals surface area contributed by atoms with Gasteiger partial charge in [0.15, 0.2) is 0 Å². The zero-order valence-corrected chi connectivity index (χ0v) is 7.53. The normalized spacial score (nSPS) is 38.1. The molecule has 11 heavy (non-hydrogen) atoms. The third kappa shape index (κ3) is 1.55. The highest BCUT2D eigenvalue weighted by atomic mass is 35.5. The van der Waals surface area contributed by atoms with Crippen LogP contribution in [0.15, 0.2) is 22.2 Å². The molecule has 1 aliphatic rings. The van der Waals surface area contributed by atoms with Crippen LogP contribution in [-0.4, -0.2) is 21.4 Å². The van der Waals surface area contributed by atoms with Crippen molar-refractivity contribution in [2.24, 2.45) is 0 Å². The summed E-state index contributed by atoms with van der Waals surface area (Å²) in [6.45, 7) is 0. The Morgan fingerprint density at radius 2 is 2.00 bits per heavy atom. The SMILES string of the molecule is OC1C=CC(Cl)=C(Cl)C1(O)Cl. The van der Waals surface area contributed by atoms with Crippen LogP contribution in [0.4, 0.5) is 0 Å². The van der Waals surface area contributed by atoms with Gasteiger partial charge in [0, 0.05) is 0 Å². The van der Waals surface area contributed by atoms with E-state index >= 15 is 0 Å². The molecule has 0 aromatic heterocycles. The minimum absolute atomic E-state index is 0.134. The molecule has 0 aliphatic heterocycles. The van der Waals surface area contributed by atoms with E-state index < -0.39 is 11.2 Å². The van der Waals surface area contributed by atoms with E-state index in [1.54, 1.807) is 0 Å². The van der Waals surface area contributed by atoms with E-state index in [0.29, 0.717) is 0 Å². The summed E-state index contributed by atoms with van der Waals surface area (Å²) in [5.74, 6) is 0. The molecular weight excluding hydrogens is 210 g/mol. The second kappa shape index (κ2) is 2.96. The molecular formula is C6H5Cl3O2. The fourth-order valence-corrected chi connectivity index (χ4v) is 1.29. The zero-order valence-electron chi connectivity index (χ0n) is 5.26. The summed E-state index contributed by atoms with van der Waals surface area (Å²) in [7, 11) is 0. The van der Waals surface area contributed by atoms with Crippen LogP contribution in [0.2, 0.25) is 0 Å². The lowest BCUT2D eigenvalue weighted by molar-refractivity contribution is 0.0441. The van der Waals surface area contributed by atoms with Crippen LogP contribution in [0, 0.1) is 0 Å². The van der Waals surface area contributed by atoms with Gasteiger partial charge in [0.05, 0.1) is 10.1 Å². The van der Waals surface area contributed by atoms with Gasteiger partial charge in [-0.1, -0.05) is 40.9 Å². The number of alkyl halides is 1. The Bertz CT molecular complexity index is 232. The van der Waals surface area contributed by atoms with Gasteiger partial charge in [-0.05, 0) is 6.08 Å². The van der Waals surface area contributed by atoms with Crippen molar-refractivity contribution in [3.8, 4) is 0 Å². The van der Waals surface area contributed by atoms with Crippen LogP contribution in [0.3, 0.4) is 0 Å². The van der Waals surface area contributed by atoms with Crippen LogP contribution < -0.4 is 0 Å². The molecule has 0 fully saturated rings. The average Bonchev–Trinajstić information content (AvgIpc) is 1.95. The molecule has 2 unspecified atom stereocenters. The predicted molar refractivity (Wildman–Crippen MR) is 44.7 cm³/mol. The molecule has 0 aromatic carbocycles. The first kappa shape index (κ1) is 9.36. The van der Waals surface area contributed by atoms with Gasteiger partial charge in [0.2, 0.25) is 5.06 Å². The molecule has 0 radical (unpaired) electrons. The average molecular weight is 215 g/mol. The van der Waals surface area contributed by atoms with Gasteiger partial charge >= 0.3 is 0 Å². The smallest absolute Gasteiger partial charge is 0.206 e. The van der Waals surface area contributed by atoms with Gasteiger partial charge < -0.3 is 10.2 Å². The molecule has 0 bridgehead atoms. The fourth-order valence-electron chi connectivity index (χ4n) is 0.674. The first-order valence-corrected chi connectivity index (χ1v) is 3.93. The van der Waals surface area contributed by atoms with Crippen molar-refractivity contribution in [2.45, 2.75) is 11.2 Å². The standard InChI is InChI=1S/C6H5Cl3O2/c7-3-1-2-4(10)6(9,11)5(3)8/h1-2,4,10-11H. The quantitative estimate of drug-likeness (QED) is 0.602. The molecule has 2 N–H and O–H groups in total. The fraction of sp³-hybridized carbons (Fsp3) is 0.333. The maximum atomic E-state index is 9.27. The summed E-state index contributed by atoms with van der Waals surface area (Å²) in [5, 5.41) is 16.3. The van der Waals surface area contributed by atoms with E-state index in [0.717, 1.165) is 0 Å². The van der Waals surface area contributed by atoms with E-state index in [1.165, 1.54) is 12.2 Å². The van der Waals surface area contributed by atoms with Crippen LogP contribution in [0.1, 0.15) is 0 Å². The number of rotatable bonds is 0. The van der Waals surface area contributed by atoms with Crippen molar-refractivity contribution in [3.63, 3.8) is 0 Å². The largest absolute Gasteiger partial charge is 0.384 e. The number of aliphatic hydroxyl groups excluding tert-OH is 1. The minimum Gasteiger partial charge on any atom is -0.384 e. The summed E-state index contributed by atoms with van der Waals surface area (Å²) in [4.78, 5) is 0. The van der Waals surface area contributed by atoms with Gasteiger partial charge in [-0.3, -0.25) is 0 Å². The van der Waals surface area contributed by atoms with E-state index in [1.807, 2.05) is 0 Å². The van der Waals surface area contributed by atoms with Crippen LogP contribution in [-0.2, 0) is 0 Å². The summed E-state index contributed by atoms with van der Waals surface area (Å²) in [6.07, 6.45) is 1.42. The Balaban J connectivity index is 3.07. The summed E-state index contributed by atoms with van der Waals surface area (Å²) < 4.78 is 0. The monoisotopic (exact) mass is 214 g/mol. The van der Waals surface area contributed by atoms with Gasteiger partial charge in [-0.2, -0.15) is 0 Å². The Kier molecular flexibility index (Phi) is 2.52. The van der Waals surface area contributed by atoms with Gasteiger partial charge in [0.25, 0.3) is 0 Å². The van der Waals surface area contributed by atoms with Crippen LogP contribution >= 0.6 is 34.8 Å². The van der Waals surface area contributed by atoms with Crippen molar-refractivity contribution in [2.75, 3.05) is 0 Å². The summed E-state index contributed by atoms with van der Waals surface area (Å²) in [6, 6.07) is 0. The first-order valence-electron chi connectivity index (χ1n) is 2.79. The molecule has 2 atom stereocenters. The second-order valence-electron chi connectivity index (χ2n) is 2.14. The van der Waals surface area contributed by atoms with Crippen molar-refractivity contribution >= 4 is 34.8 Å². The maximum Gasteiger partial charge on any atom is 0.206 e. The molecule has 0 spiro atoms. The Labute approximate surface area is 78.7 Å². The molecule has 62 valence electrons. The van der Waals surface area contributed by atoms with Crippen molar-refractivity contribution in [1.82, 2.24) is 0 Å². The van der Waals surface area contributed by atoms with E-state index in [-0.39, 0.29) is 10.1 Å². The topological polar surface area (TPSA) is 40.5 Å². The lowest BCUT2D eigenvalue weighted by Crippen LogP contribution is -2.37. The van der Waals surface area contributed by atoms with Crippen molar-refractivity contribution in [3.05, 3.63) is 22.2 Å². The lowest BCUT2D eigenvalue weighted by Gasteiger charge is -2.27. The zero-order chi connectivity index (χ0) is 8.65. The Morgan fingerprint density at radius 3 is 2.45 bits per heavy atom. The lowest BCUT2D eigenvalue weighted by atomic mass is 10.1. The highest BCUT2D eigenvalue weighted by Crippen LogP contribution is 2.37. The summed E-state index contributed by atoms with van der Waals surface area (Å²) in [5.41, 5.74) is 0. The Morgan fingerprint density at radius 1 is 1.45 bits per heavy atom. The number of hydrogen-bond acceptors (Lipinski definition) is 2. The van der Waals surface area contributed by atoms with E-state index in [4.69, 9.17) is 39.9 Å². The number of hydrogen-bond donors (Lipinski definition) is 2. The molecule has 0 amide bonds. The van der Waals surface area contributed by atoms with Gasteiger partial charge in [-0.25, -0.2) is 0 Å². The molecule has 0 heterocycles. The molecule has 0 aromatic rings. The number of halogens is 3. The van der Waals surface area contributed by atoms with Crippen molar-refractivity contribution < 1.29 is 10.2 Å². The third-order valence-corrected chi connectivity index (χ3v) is 2.75. The van der Waals surface area contributed by atoms with Crippen LogP contribution in [0.5, 0.6) is 0 Å². The highest BCUT2D eigenvalue weighted by molar-refractivity contribution is 6.45. The predicted octanol–water partition coefficient (Wildman–Crippen LogP) is 1.53. The van der Waals surface area contributed by atoms with Gasteiger partial charge in [0.1, 0.15) is 6.10 Å². The minimum atomic E-state index is -1.98. The molecule has 0 saturated carbocycles. The van der Waals surface area contributed by atoms with Gasteiger partial charge in [-0.15, -0.1) is 0 Å². The second-order valence-corrected chi connectivity index (χ2v) is 3.50. The summed E-state index contributed by atoms with van der Waals surface area (Å²) >= 11 is 16.5. The number of aliphatic hydroxyl groups is 2. The van der Waals surface area contributed by atoms with Crippen molar-refractivity contribution in [1.29, 1.82) is 0 Å². The molecule has 0 saturated heterocycles.